The summed E-state index contributed by atoms with van der Waals surface area (Å²) in [5, 5.41) is 0.530. The lowest BCUT2D eigenvalue weighted by Crippen LogP contribution is -2.09. The first-order valence-electron chi connectivity index (χ1n) is 3.71. The first kappa shape index (κ1) is 10.1. The van der Waals surface area contributed by atoms with Crippen molar-refractivity contribution in [1.29, 1.82) is 0 Å². The van der Waals surface area contributed by atoms with Crippen molar-refractivity contribution in [3.8, 4) is 0 Å². The summed E-state index contributed by atoms with van der Waals surface area (Å²) in [5.41, 5.74) is 5.16. The summed E-state index contributed by atoms with van der Waals surface area (Å²) in [7, 11) is 1.62. The number of ether oxygens (including phenoxy) is 1. The number of H-pyrrole nitrogens is 1. The maximum absolute atomic E-state index is 10.9. The highest BCUT2D eigenvalue weighted by molar-refractivity contribution is 7.99. The first-order chi connectivity index (χ1) is 6.22. The Labute approximate surface area is 79.7 Å². The second-order valence-corrected chi connectivity index (χ2v) is 3.40. The van der Waals surface area contributed by atoms with Crippen molar-refractivity contribution in [2.45, 2.75) is 5.16 Å². The molecule has 0 aromatic carbocycles. The van der Waals surface area contributed by atoms with Gasteiger partial charge in [0.2, 0.25) is 0 Å². The van der Waals surface area contributed by atoms with E-state index in [0.29, 0.717) is 11.8 Å². The van der Waals surface area contributed by atoms with Crippen LogP contribution < -0.4 is 11.3 Å². The highest BCUT2D eigenvalue weighted by Gasteiger charge is 1.98. The number of anilines is 1. The molecule has 0 atom stereocenters. The summed E-state index contributed by atoms with van der Waals surface area (Å²) < 4.78 is 4.85. The van der Waals surface area contributed by atoms with Gasteiger partial charge >= 0.3 is 0 Å². The van der Waals surface area contributed by atoms with Crippen LogP contribution in [-0.2, 0) is 4.74 Å². The lowest BCUT2D eigenvalue weighted by Gasteiger charge is -1.99. The lowest BCUT2D eigenvalue weighted by atomic mass is 10.6. The van der Waals surface area contributed by atoms with Gasteiger partial charge in [0.1, 0.15) is 5.82 Å². The Hall–Kier alpha value is -1.01. The second-order valence-electron chi connectivity index (χ2n) is 2.32. The number of aromatic amines is 1. The van der Waals surface area contributed by atoms with E-state index in [2.05, 4.69) is 9.97 Å². The van der Waals surface area contributed by atoms with Crippen molar-refractivity contribution in [2.24, 2.45) is 0 Å². The van der Waals surface area contributed by atoms with Crippen LogP contribution in [0.5, 0.6) is 0 Å². The number of thioether (sulfide) groups is 1. The van der Waals surface area contributed by atoms with Gasteiger partial charge in [0.15, 0.2) is 5.16 Å². The lowest BCUT2D eigenvalue weighted by molar-refractivity contribution is 0.218. The molecule has 72 valence electrons. The van der Waals surface area contributed by atoms with E-state index < -0.39 is 0 Å². The Balaban J connectivity index is 2.61. The van der Waals surface area contributed by atoms with Gasteiger partial charge in [0, 0.05) is 18.9 Å². The third kappa shape index (κ3) is 3.47. The molecule has 0 fully saturated rings. The maximum Gasteiger partial charge on any atom is 0.253 e. The largest absolute Gasteiger partial charge is 0.384 e. The molecule has 13 heavy (non-hydrogen) atoms. The van der Waals surface area contributed by atoms with Gasteiger partial charge in [0.05, 0.1) is 6.61 Å². The fraction of sp³-hybridized carbons (Fsp3) is 0.429. The molecule has 1 heterocycles. The molecular weight excluding hydrogens is 190 g/mol. The number of methoxy groups -OCH3 is 1. The summed E-state index contributed by atoms with van der Waals surface area (Å²) in [6.45, 7) is 0.614. The quantitative estimate of drug-likeness (QED) is 0.410. The molecule has 1 rings (SSSR count). The van der Waals surface area contributed by atoms with Gasteiger partial charge in [-0.1, -0.05) is 11.8 Å². The molecule has 0 aliphatic heterocycles. The Morgan fingerprint density at radius 2 is 2.54 bits per heavy atom. The van der Waals surface area contributed by atoms with Crippen LogP contribution in [0.4, 0.5) is 5.82 Å². The van der Waals surface area contributed by atoms with Gasteiger partial charge < -0.3 is 15.5 Å². The Morgan fingerprint density at radius 3 is 3.15 bits per heavy atom. The van der Waals surface area contributed by atoms with Crippen LogP contribution in [0.15, 0.2) is 16.0 Å². The van der Waals surface area contributed by atoms with Crippen molar-refractivity contribution in [1.82, 2.24) is 9.97 Å². The summed E-state index contributed by atoms with van der Waals surface area (Å²) in [4.78, 5) is 17.4. The molecule has 0 bridgehead atoms. The molecule has 5 nitrogen and oxygen atoms in total. The normalized spacial score (nSPS) is 10.2. The highest BCUT2D eigenvalue weighted by Crippen LogP contribution is 2.10. The number of hydrogen-bond donors (Lipinski definition) is 2. The van der Waals surface area contributed by atoms with E-state index in [1.807, 2.05) is 0 Å². The molecule has 6 heteroatoms. The van der Waals surface area contributed by atoms with E-state index in [0.717, 1.165) is 5.75 Å². The number of rotatable bonds is 4. The molecule has 0 amide bonds. The van der Waals surface area contributed by atoms with Crippen molar-refractivity contribution in [3.63, 3.8) is 0 Å². The Bertz CT molecular complexity index is 326. The minimum atomic E-state index is -0.229. The molecule has 0 spiro atoms. The van der Waals surface area contributed by atoms with Gasteiger partial charge in [-0.05, 0) is 0 Å². The zero-order valence-electron chi connectivity index (χ0n) is 7.24. The standard InChI is InChI=1S/C7H11N3O2S/c1-12-2-3-13-7-9-5(8)4-6(11)10-7/h4H,2-3H2,1H3,(H3,8,9,10,11). The SMILES string of the molecule is COCCSc1nc(N)cc(=O)[nH]1. The molecule has 0 aliphatic rings. The summed E-state index contributed by atoms with van der Waals surface area (Å²) >= 11 is 1.40. The summed E-state index contributed by atoms with van der Waals surface area (Å²) in [5.74, 6) is 0.978. The Morgan fingerprint density at radius 1 is 1.77 bits per heavy atom. The van der Waals surface area contributed by atoms with Crippen LogP contribution in [0.2, 0.25) is 0 Å². The number of nitrogens with two attached hydrogens (primary N) is 1. The van der Waals surface area contributed by atoms with Crippen molar-refractivity contribution in [2.75, 3.05) is 25.2 Å². The van der Waals surface area contributed by atoms with Gasteiger partial charge in [-0.25, -0.2) is 4.98 Å². The number of hydrogen-bond acceptors (Lipinski definition) is 5. The molecule has 0 radical (unpaired) electrons. The Kier molecular flexibility index (Phi) is 3.78. The van der Waals surface area contributed by atoms with E-state index >= 15 is 0 Å². The molecule has 0 aliphatic carbocycles. The van der Waals surface area contributed by atoms with Crippen molar-refractivity contribution < 1.29 is 4.74 Å². The van der Waals surface area contributed by atoms with E-state index in [1.54, 1.807) is 7.11 Å². The van der Waals surface area contributed by atoms with Crippen LogP contribution in [0.3, 0.4) is 0 Å². The smallest absolute Gasteiger partial charge is 0.253 e. The van der Waals surface area contributed by atoms with E-state index in [4.69, 9.17) is 10.5 Å². The molecule has 0 saturated heterocycles. The fourth-order valence-electron chi connectivity index (χ4n) is 0.743. The van der Waals surface area contributed by atoms with Crippen molar-refractivity contribution in [3.05, 3.63) is 16.4 Å². The monoisotopic (exact) mass is 201 g/mol. The predicted octanol–water partition coefficient (Wildman–Crippen LogP) is 0.0906. The summed E-state index contributed by atoms with van der Waals surface area (Å²) in [6.07, 6.45) is 0. The number of aromatic nitrogens is 2. The van der Waals surface area contributed by atoms with Crippen LogP contribution in [0.1, 0.15) is 0 Å². The zero-order chi connectivity index (χ0) is 9.68. The number of nitrogen functional groups attached to an aromatic ring is 1. The predicted molar refractivity (Wildman–Crippen MR) is 51.9 cm³/mol. The molecule has 1 aromatic rings. The van der Waals surface area contributed by atoms with E-state index in [1.165, 1.54) is 17.8 Å². The number of nitrogens with zero attached hydrogens (tertiary/aromatic N) is 1. The average Bonchev–Trinajstić information content (AvgIpc) is 2.03. The molecular formula is C7H11N3O2S. The van der Waals surface area contributed by atoms with Gasteiger partial charge in [-0.15, -0.1) is 0 Å². The third-order valence-electron chi connectivity index (χ3n) is 1.27. The second kappa shape index (κ2) is 4.88. The maximum atomic E-state index is 10.9. The average molecular weight is 201 g/mol. The van der Waals surface area contributed by atoms with Gasteiger partial charge in [0.25, 0.3) is 5.56 Å². The van der Waals surface area contributed by atoms with E-state index in [-0.39, 0.29) is 11.4 Å². The van der Waals surface area contributed by atoms with Crippen LogP contribution in [-0.4, -0.2) is 29.4 Å². The first-order valence-corrected chi connectivity index (χ1v) is 4.69. The number of nitrogens with one attached hydrogen (secondary N) is 1. The minimum Gasteiger partial charge on any atom is -0.384 e. The van der Waals surface area contributed by atoms with Crippen LogP contribution in [0, 0.1) is 0 Å². The van der Waals surface area contributed by atoms with Gasteiger partial charge in [-0.3, -0.25) is 4.79 Å². The molecule has 1 aromatic heterocycles. The molecule has 3 N–H and O–H groups in total. The molecule has 0 unspecified atom stereocenters. The topological polar surface area (TPSA) is 81.0 Å². The zero-order valence-corrected chi connectivity index (χ0v) is 8.06. The van der Waals surface area contributed by atoms with E-state index in [9.17, 15) is 4.79 Å². The fourth-order valence-corrected chi connectivity index (χ4v) is 1.53. The third-order valence-corrected chi connectivity index (χ3v) is 2.10. The molecule has 0 saturated carbocycles. The van der Waals surface area contributed by atoms with Crippen molar-refractivity contribution >= 4 is 17.6 Å². The van der Waals surface area contributed by atoms with Crippen LogP contribution in [0.25, 0.3) is 0 Å². The highest BCUT2D eigenvalue weighted by atomic mass is 32.2. The van der Waals surface area contributed by atoms with Crippen LogP contribution >= 0.6 is 11.8 Å². The van der Waals surface area contributed by atoms with Gasteiger partial charge in [-0.2, -0.15) is 0 Å². The summed E-state index contributed by atoms with van der Waals surface area (Å²) in [6, 6.07) is 1.25. The minimum absolute atomic E-state index is 0.229.